The highest BCUT2D eigenvalue weighted by Crippen LogP contribution is 2.39. The first-order chi connectivity index (χ1) is 6.20. The predicted octanol–water partition coefficient (Wildman–Crippen LogP) is 0.0989. The van der Waals surface area contributed by atoms with Crippen LogP contribution in [0.3, 0.4) is 0 Å². The van der Waals surface area contributed by atoms with Crippen LogP contribution in [-0.4, -0.2) is 36.9 Å². The first-order valence-electron chi connectivity index (χ1n) is 5.32. The molecule has 0 amide bonds. The second kappa shape index (κ2) is 3.56. The summed E-state index contributed by atoms with van der Waals surface area (Å²) in [6.45, 7) is 5.06. The summed E-state index contributed by atoms with van der Waals surface area (Å²) in [5.74, 6) is 0. The molecular formula is C10H20N2O. The summed E-state index contributed by atoms with van der Waals surface area (Å²) < 4.78 is 0. The molecule has 2 fully saturated rings. The summed E-state index contributed by atoms with van der Waals surface area (Å²) in [6, 6.07) is 0.275. The Morgan fingerprint density at radius 2 is 2.23 bits per heavy atom. The first kappa shape index (κ1) is 9.44. The monoisotopic (exact) mass is 184 g/mol. The Morgan fingerprint density at radius 1 is 1.46 bits per heavy atom. The van der Waals surface area contributed by atoms with Crippen LogP contribution < -0.4 is 10.6 Å². The van der Waals surface area contributed by atoms with Crippen LogP contribution in [0.5, 0.6) is 0 Å². The molecule has 2 aliphatic rings. The molecule has 1 saturated heterocycles. The molecular weight excluding hydrogens is 164 g/mol. The SMILES string of the molecule is CC1(CN[C@@H]2CNC[C@H]2O)CCC1. The zero-order chi connectivity index (χ0) is 9.31. The van der Waals surface area contributed by atoms with E-state index in [1.54, 1.807) is 0 Å². The maximum absolute atomic E-state index is 9.55. The normalized spacial score (nSPS) is 37.4. The van der Waals surface area contributed by atoms with Gasteiger partial charge in [-0.15, -0.1) is 0 Å². The van der Waals surface area contributed by atoms with Gasteiger partial charge in [0.25, 0.3) is 0 Å². The predicted molar refractivity (Wildman–Crippen MR) is 52.6 cm³/mol. The van der Waals surface area contributed by atoms with Crippen LogP contribution >= 0.6 is 0 Å². The standard InChI is InChI=1S/C10H20N2O/c1-10(3-2-4-10)7-12-8-5-11-6-9(8)13/h8-9,11-13H,2-7H2,1H3/t8-,9-/m1/s1. The van der Waals surface area contributed by atoms with Gasteiger partial charge in [-0.2, -0.15) is 0 Å². The lowest BCUT2D eigenvalue weighted by molar-refractivity contribution is 0.121. The molecule has 1 aliphatic carbocycles. The van der Waals surface area contributed by atoms with Gasteiger partial charge in [-0.1, -0.05) is 13.3 Å². The van der Waals surface area contributed by atoms with Gasteiger partial charge >= 0.3 is 0 Å². The zero-order valence-electron chi connectivity index (χ0n) is 8.34. The Bertz CT molecular complexity index is 180. The Labute approximate surface area is 79.9 Å². The largest absolute Gasteiger partial charge is 0.390 e. The fourth-order valence-corrected chi connectivity index (χ4v) is 2.21. The average molecular weight is 184 g/mol. The van der Waals surface area contributed by atoms with Gasteiger partial charge in [-0.25, -0.2) is 0 Å². The topological polar surface area (TPSA) is 44.3 Å². The molecule has 0 spiro atoms. The van der Waals surface area contributed by atoms with Crippen molar-refractivity contribution in [3.8, 4) is 0 Å². The van der Waals surface area contributed by atoms with Gasteiger partial charge in [0.05, 0.1) is 6.10 Å². The summed E-state index contributed by atoms with van der Waals surface area (Å²) in [6.07, 6.45) is 3.87. The van der Waals surface area contributed by atoms with E-state index in [2.05, 4.69) is 17.6 Å². The average Bonchev–Trinajstić information content (AvgIpc) is 2.44. The zero-order valence-corrected chi connectivity index (χ0v) is 8.34. The van der Waals surface area contributed by atoms with Crippen molar-refractivity contribution in [2.45, 2.75) is 38.3 Å². The molecule has 3 nitrogen and oxygen atoms in total. The molecule has 0 aromatic heterocycles. The summed E-state index contributed by atoms with van der Waals surface area (Å²) in [7, 11) is 0. The third-order valence-electron chi connectivity index (χ3n) is 3.53. The molecule has 1 aliphatic heterocycles. The van der Waals surface area contributed by atoms with E-state index in [0.717, 1.165) is 19.6 Å². The van der Waals surface area contributed by atoms with Crippen molar-refractivity contribution in [1.82, 2.24) is 10.6 Å². The molecule has 3 N–H and O–H groups in total. The van der Waals surface area contributed by atoms with E-state index in [4.69, 9.17) is 0 Å². The Hall–Kier alpha value is -0.120. The van der Waals surface area contributed by atoms with Gasteiger partial charge in [0.2, 0.25) is 0 Å². The summed E-state index contributed by atoms with van der Waals surface area (Å²) in [4.78, 5) is 0. The number of β-amino-alcohol motifs (C(OH)–C–C–N with tert-alkyl or cyclic N) is 1. The maximum atomic E-state index is 9.55. The number of rotatable bonds is 3. The lowest BCUT2D eigenvalue weighted by atomic mass is 9.70. The Balaban J connectivity index is 1.72. The molecule has 13 heavy (non-hydrogen) atoms. The number of hydrogen-bond acceptors (Lipinski definition) is 3. The van der Waals surface area contributed by atoms with Gasteiger partial charge in [0.15, 0.2) is 0 Å². The summed E-state index contributed by atoms with van der Waals surface area (Å²) >= 11 is 0. The van der Waals surface area contributed by atoms with Gasteiger partial charge < -0.3 is 15.7 Å². The molecule has 0 aromatic rings. The van der Waals surface area contributed by atoms with Gasteiger partial charge in [0, 0.05) is 25.7 Å². The van der Waals surface area contributed by atoms with Crippen molar-refractivity contribution in [3.05, 3.63) is 0 Å². The van der Waals surface area contributed by atoms with Crippen LogP contribution in [0.15, 0.2) is 0 Å². The van der Waals surface area contributed by atoms with E-state index < -0.39 is 0 Å². The van der Waals surface area contributed by atoms with E-state index >= 15 is 0 Å². The van der Waals surface area contributed by atoms with Gasteiger partial charge in [-0.05, 0) is 18.3 Å². The van der Waals surface area contributed by atoms with E-state index in [-0.39, 0.29) is 12.1 Å². The molecule has 1 saturated carbocycles. The number of aliphatic hydroxyl groups excluding tert-OH is 1. The third-order valence-corrected chi connectivity index (χ3v) is 3.53. The Kier molecular flexibility index (Phi) is 2.58. The molecule has 0 unspecified atom stereocenters. The molecule has 2 atom stereocenters. The summed E-state index contributed by atoms with van der Waals surface area (Å²) in [5, 5.41) is 16.2. The number of hydrogen-bond donors (Lipinski definition) is 3. The number of aliphatic hydroxyl groups is 1. The van der Waals surface area contributed by atoms with Crippen molar-refractivity contribution in [1.29, 1.82) is 0 Å². The smallest absolute Gasteiger partial charge is 0.0829 e. The quantitative estimate of drug-likeness (QED) is 0.583. The molecule has 0 bridgehead atoms. The van der Waals surface area contributed by atoms with Crippen LogP contribution in [0.1, 0.15) is 26.2 Å². The van der Waals surface area contributed by atoms with Crippen LogP contribution in [0.2, 0.25) is 0 Å². The van der Waals surface area contributed by atoms with Crippen LogP contribution in [0.4, 0.5) is 0 Å². The fourth-order valence-electron chi connectivity index (χ4n) is 2.21. The van der Waals surface area contributed by atoms with Crippen molar-refractivity contribution in [2.75, 3.05) is 19.6 Å². The third kappa shape index (κ3) is 2.03. The first-order valence-corrected chi connectivity index (χ1v) is 5.32. The molecule has 0 aromatic carbocycles. The Morgan fingerprint density at radius 3 is 2.69 bits per heavy atom. The highest BCUT2D eigenvalue weighted by Gasteiger charge is 2.33. The molecule has 76 valence electrons. The second-order valence-corrected chi connectivity index (χ2v) is 4.88. The van der Waals surface area contributed by atoms with Crippen molar-refractivity contribution < 1.29 is 5.11 Å². The molecule has 0 radical (unpaired) electrons. The highest BCUT2D eigenvalue weighted by molar-refractivity contribution is 4.91. The van der Waals surface area contributed by atoms with Crippen LogP contribution in [0.25, 0.3) is 0 Å². The van der Waals surface area contributed by atoms with Crippen molar-refractivity contribution >= 4 is 0 Å². The van der Waals surface area contributed by atoms with E-state index in [1.807, 2.05) is 0 Å². The fraction of sp³-hybridized carbons (Fsp3) is 1.00. The molecule has 2 rings (SSSR count). The van der Waals surface area contributed by atoms with Crippen LogP contribution in [0, 0.1) is 5.41 Å². The van der Waals surface area contributed by atoms with Crippen LogP contribution in [-0.2, 0) is 0 Å². The molecule has 1 heterocycles. The van der Waals surface area contributed by atoms with E-state index in [9.17, 15) is 5.11 Å². The lowest BCUT2D eigenvalue weighted by Crippen LogP contribution is -2.46. The lowest BCUT2D eigenvalue weighted by Gasteiger charge is -2.39. The second-order valence-electron chi connectivity index (χ2n) is 4.88. The number of nitrogens with one attached hydrogen (secondary N) is 2. The van der Waals surface area contributed by atoms with Gasteiger partial charge in [0.1, 0.15) is 0 Å². The maximum Gasteiger partial charge on any atom is 0.0829 e. The van der Waals surface area contributed by atoms with Crippen molar-refractivity contribution in [2.24, 2.45) is 5.41 Å². The highest BCUT2D eigenvalue weighted by atomic mass is 16.3. The minimum Gasteiger partial charge on any atom is -0.390 e. The van der Waals surface area contributed by atoms with Crippen molar-refractivity contribution in [3.63, 3.8) is 0 Å². The summed E-state index contributed by atoms with van der Waals surface area (Å²) in [5.41, 5.74) is 0.516. The minimum absolute atomic E-state index is 0.191. The van der Waals surface area contributed by atoms with Gasteiger partial charge in [-0.3, -0.25) is 0 Å². The molecule has 3 heteroatoms. The van der Waals surface area contributed by atoms with E-state index in [1.165, 1.54) is 19.3 Å². The van der Waals surface area contributed by atoms with E-state index in [0.29, 0.717) is 5.41 Å². The minimum atomic E-state index is -0.191.